The summed E-state index contributed by atoms with van der Waals surface area (Å²) in [6, 6.07) is 9.29. The molecule has 3 aromatic rings. The van der Waals surface area contributed by atoms with Crippen LogP contribution in [0.3, 0.4) is 0 Å². The lowest BCUT2D eigenvalue weighted by molar-refractivity contribution is -0.144. The molecule has 2 heterocycles. The Hall–Kier alpha value is -2.82. The number of nitrogens with zero attached hydrogens (tertiary/aromatic N) is 2. The number of benzene rings is 2. The fourth-order valence-corrected chi connectivity index (χ4v) is 6.31. The molecule has 1 amide bonds. The van der Waals surface area contributed by atoms with Gasteiger partial charge in [0.05, 0.1) is 58.6 Å². The Kier molecular flexibility index (Phi) is 8.11. The minimum Gasteiger partial charge on any atom is -0.481 e. The molecule has 202 valence electrons. The van der Waals surface area contributed by atoms with Crippen molar-refractivity contribution in [1.29, 1.82) is 0 Å². The van der Waals surface area contributed by atoms with Crippen molar-refractivity contribution in [2.75, 3.05) is 18.5 Å². The molecule has 2 fully saturated rings. The van der Waals surface area contributed by atoms with Gasteiger partial charge in [-0.1, -0.05) is 29.0 Å². The third-order valence-corrected chi connectivity index (χ3v) is 8.46. The largest absolute Gasteiger partial charge is 0.481 e. The van der Waals surface area contributed by atoms with Crippen LogP contribution in [0.5, 0.6) is 0 Å². The Morgan fingerprint density at radius 2 is 1.97 bits per heavy atom. The van der Waals surface area contributed by atoms with Gasteiger partial charge in [-0.2, -0.15) is 0 Å². The van der Waals surface area contributed by atoms with Crippen molar-refractivity contribution >= 4 is 55.8 Å². The monoisotopic (exact) mass is 563 g/mol. The number of carbonyl (C=O) groups excluding carboxylic acids is 1. The molecule has 0 unspecified atom stereocenters. The zero-order valence-corrected chi connectivity index (χ0v) is 22.1. The van der Waals surface area contributed by atoms with Gasteiger partial charge in [-0.05, 0) is 61.6 Å². The highest BCUT2D eigenvalue weighted by Crippen LogP contribution is 2.33. The number of carbonyl (C=O) groups is 2. The van der Waals surface area contributed by atoms with E-state index in [0.29, 0.717) is 57.3 Å². The fourth-order valence-electron chi connectivity index (χ4n) is 5.16. The van der Waals surface area contributed by atoms with Crippen molar-refractivity contribution in [1.82, 2.24) is 9.88 Å². The topological polar surface area (TPSA) is 91.8 Å². The third-order valence-electron chi connectivity index (χ3n) is 7.21. The number of carboxylic acids is 1. The number of fused-ring (bicyclic) bond motifs is 1. The number of thiazole rings is 1. The molecule has 2 atom stereocenters. The molecule has 1 aliphatic carbocycles. The normalized spacial score (nSPS) is 23.6. The zero-order valence-electron chi connectivity index (χ0n) is 20.5. The van der Waals surface area contributed by atoms with Gasteiger partial charge >= 0.3 is 5.97 Å². The minimum absolute atomic E-state index is 0.0319. The molecule has 1 saturated carbocycles. The van der Waals surface area contributed by atoms with Crippen molar-refractivity contribution in [2.45, 2.75) is 56.8 Å². The number of ether oxygens (including phenoxy) is 1. The van der Waals surface area contributed by atoms with Gasteiger partial charge in [0.1, 0.15) is 12.0 Å². The second kappa shape index (κ2) is 11.5. The molecule has 1 aromatic heterocycles. The quantitative estimate of drug-likeness (QED) is 0.351. The van der Waals surface area contributed by atoms with Crippen LogP contribution in [0.25, 0.3) is 10.2 Å². The predicted octanol–water partition coefficient (Wildman–Crippen LogP) is 5.97. The number of hydrogen-bond donors (Lipinski definition) is 2. The first kappa shape index (κ1) is 26.8. The number of hydrogen-bond acceptors (Lipinski definition) is 6. The molecule has 2 aromatic carbocycles. The zero-order chi connectivity index (χ0) is 26.8. The van der Waals surface area contributed by atoms with Crippen molar-refractivity contribution in [2.24, 2.45) is 5.92 Å². The van der Waals surface area contributed by atoms with E-state index in [2.05, 4.69) is 10.3 Å². The van der Waals surface area contributed by atoms with Crippen LogP contribution in [0.15, 0.2) is 36.4 Å². The van der Waals surface area contributed by atoms with E-state index in [1.54, 1.807) is 29.2 Å². The van der Waals surface area contributed by atoms with E-state index in [1.807, 2.05) is 0 Å². The highest BCUT2D eigenvalue weighted by atomic mass is 35.5. The number of aliphatic carboxylic acids is 1. The molecule has 0 spiro atoms. The second-order valence-electron chi connectivity index (χ2n) is 9.93. The molecular weight excluding hydrogens is 536 g/mol. The SMILES string of the molecule is O=C(Cc1ccc(Nc2nc3ccc(F)cc3s2)c(Cl)c1)N1C[C@@H](F)C[C@H]1CO[C@H]1CC[C@H](C(=O)O)CC1. The van der Waals surface area contributed by atoms with E-state index < -0.39 is 12.1 Å². The van der Waals surface area contributed by atoms with Gasteiger partial charge in [0.2, 0.25) is 5.91 Å². The Balaban J connectivity index is 1.17. The standard InChI is InChI=1S/C27H28ClF2N3O4S/c28-21-9-15(1-7-22(21)31-27-32-23-8-4-17(29)12-24(23)38-27)10-25(34)33-13-18(30)11-19(33)14-37-20-5-2-16(3-6-20)26(35)36/h1,4,7-9,12,16,18-20H,2-3,5-6,10-11,13-14H2,(H,31,32)(H,35,36)/t16-,18-,19-,20-/m0/s1. The molecular formula is C27H28ClF2N3O4S. The molecule has 1 aliphatic heterocycles. The Labute approximate surface area is 227 Å². The summed E-state index contributed by atoms with van der Waals surface area (Å²) in [5.74, 6) is -1.62. The minimum atomic E-state index is -1.10. The fraction of sp³-hybridized carbons (Fsp3) is 0.444. The van der Waals surface area contributed by atoms with Crippen molar-refractivity contribution in [3.8, 4) is 0 Å². The van der Waals surface area contributed by atoms with Gasteiger partial charge in [-0.25, -0.2) is 13.8 Å². The first-order valence-corrected chi connectivity index (χ1v) is 13.8. The van der Waals surface area contributed by atoms with Gasteiger partial charge in [-0.15, -0.1) is 0 Å². The van der Waals surface area contributed by atoms with E-state index in [-0.39, 0.29) is 55.8 Å². The number of halogens is 3. The van der Waals surface area contributed by atoms with Crippen molar-refractivity contribution in [3.63, 3.8) is 0 Å². The molecule has 2 N–H and O–H groups in total. The van der Waals surface area contributed by atoms with E-state index >= 15 is 0 Å². The van der Waals surface area contributed by atoms with Crippen LogP contribution in [-0.2, 0) is 20.7 Å². The summed E-state index contributed by atoms with van der Waals surface area (Å²) in [5.41, 5.74) is 1.99. The van der Waals surface area contributed by atoms with Gasteiger partial charge in [0.25, 0.3) is 0 Å². The van der Waals surface area contributed by atoms with Crippen LogP contribution in [0, 0.1) is 11.7 Å². The van der Waals surface area contributed by atoms with Crippen LogP contribution in [-0.4, -0.2) is 58.3 Å². The summed E-state index contributed by atoms with van der Waals surface area (Å²) in [4.78, 5) is 30.2. The van der Waals surface area contributed by atoms with Crippen LogP contribution >= 0.6 is 22.9 Å². The predicted molar refractivity (Wildman–Crippen MR) is 142 cm³/mol. The van der Waals surface area contributed by atoms with Gasteiger partial charge in [0, 0.05) is 6.42 Å². The Morgan fingerprint density at radius 1 is 1.18 bits per heavy atom. The average molecular weight is 564 g/mol. The van der Waals surface area contributed by atoms with Gasteiger partial charge < -0.3 is 20.1 Å². The highest BCUT2D eigenvalue weighted by molar-refractivity contribution is 7.22. The van der Waals surface area contributed by atoms with E-state index in [0.717, 1.165) is 0 Å². The van der Waals surface area contributed by atoms with Crippen molar-refractivity contribution < 1.29 is 28.2 Å². The number of likely N-dealkylation sites (tertiary alicyclic amines) is 1. The summed E-state index contributed by atoms with van der Waals surface area (Å²) in [7, 11) is 0. The van der Waals surface area contributed by atoms with Gasteiger partial charge in [0.15, 0.2) is 5.13 Å². The first-order chi connectivity index (χ1) is 18.2. The molecule has 1 saturated heterocycles. The number of carboxylic acid groups (broad SMARTS) is 1. The smallest absolute Gasteiger partial charge is 0.306 e. The van der Waals surface area contributed by atoms with E-state index in [1.165, 1.54) is 23.5 Å². The lowest BCUT2D eigenvalue weighted by atomic mass is 9.87. The first-order valence-electron chi connectivity index (χ1n) is 12.6. The summed E-state index contributed by atoms with van der Waals surface area (Å²) < 4.78 is 34.5. The molecule has 5 rings (SSSR count). The number of nitrogens with one attached hydrogen (secondary N) is 1. The maximum atomic E-state index is 14.3. The Bertz CT molecular complexity index is 1330. The second-order valence-corrected chi connectivity index (χ2v) is 11.4. The lowest BCUT2D eigenvalue weighted by Gasteiger charge is -2.29. The maximum absolute atomic E-state index is 14.3. The van der Waals surface area contributed by atoms with Crippen LogP contribution in [0.2, 0.25) is 5.02 Å². The number of amides is 1. The summed E-state index contributed by atoms with van der Waals surface area (Å²) in [6.07, 6.45) is 1.60. The van der Waals surface area contributed by atoms with Crippen molar-refractivity contribution in [3.05, 3.63) is 52.8 Å². The van der Waals surface area contributed by atoms with E-state index in [4.69, 9.17) is 21.4 Å². The lowest BCUT2D eigenvalue weighted by Crippen LogP contribution is -2.40. The van der Waals surface area contributed by atoms with Crippen LogP contribution in [0.1, 0.15) is 37.7 Å². The highest BCUT2D eigenvalue weighted by Gasteiger charge is 2.36. The average Bonchev–Trinajstić information content (AvgIpc) is 3.46. The van der Waals surface area contributed by atoms with E-state index in [9.17, 15) is 18.4 Å². The third kappa shape index (κ3) is 6.24. The summed E-state index contributed by atoms with van der Waals surface area (Å²) in [6.45, 7) is 0.272. The Morgan fingerprint density at radius 3 is 2.71 bits per heavy atom. The summed E-state index contributed by atoms with van der Waals surface area (Å²) >= 11 is 7.78. The number of aromatic nitrogens is 1. The number of anilines is 2. The molecule has 2 aliphatic rings. The molecule has 11 heteroatoms. The van der Waals surface area contributed by atoms with Crippen LogP contribution < -0.4 is 5.32 Å². The number of alkyl halides is 1. The number of rotatable bonds is 8. The maximum Gasteiger partial charge on any atom is 0.306 e. The molecule has 0 bridgehead atoms. The molecule has 38 heavy (non-hydrogen) atoms. The van der Waals surface area contributed by atoms with Gasteiger partial charge in [-0.3, -0.25) is 9.59 Å². The van der Waals surface area contributed by atoms with Crippen LogP contribution in [0.4, 0.5) is 19.6 Å². The molecule has 0 radical (unpaired) electrons. The molecule has 7 nitrogen and oxygen atoms in total. The summed E-state index contributed by atoms with van der Waals surface area (Å²) in [5, 5.41) is 13.3.